The predicted molar refractivity (Wildman–Crippen MR) is 274 cm³/mol. The molecule has 13 aromatic rings. The third-order valence-corrected chi connectivity index (χ3v) is 13.2. The minimum Gasteiger partial charge on any atom is -0.454 e. The molecule has 0 spiro atoms. The maximum absolute atomic E-state index is 6.64. The summed E-state index contributed by atoms with van der Waals surface area (Å²) >= 11 is 0. The smallest absolute Gasteiger partial charge is 0.159 e. The van der Waals surface area contributed by atoms with Crippen molar-refractivity contribution in [1.82, 2.24) is 4.57 Å². The molecule has 3 nitrogen and oxygen atoms in total. The predicted octanol–water partition coefficient (Wildman–Crippen LogP) is 17.5. The van der Waals surface area contributed by atoms with Crippen LogP contribution in [0.1, 0.15) is 0 Å². The summed E-state index contributed by atoms with van der Waals surface area (Å²) in [4.78, 5) is 2.32. The Morgan fingerprint density at radius 1 is 0.323 bits per heavy atom. The van der Waals surface area contributed by atoms with E-state index in [9.17, 15) is 0 Å². The number of aromatic nitrogens is 1. The zero-order chi connectivity index (χ0) is 42.8. The van der Waals surface area contributed by atoms with Crippen LogP contribution < -0.4 is 4.90 Å². The SMILES string of the molecule is c1ccc(-n2c3ccccc3c3ccccc32)c(-c2ccc(-c3ccc(N(c4ccc(-c5ccc6c(ccc7ccccc76)c5)cc4)c4cccc5c4oc4ccccc45)cc3)cc2)c1. The second-order valence-electron chi connectivity index (χ2n) is 16.9. The minimum absolute atomic E-state index is 0.861. The molecule has 0 amide bonds. The first-order valence-corrected chi connectivity index (χ1v) is 22.2. The van der Waals surface area contributed by atoms with E-state index in [1.165, 1.54) is 71.3 Å². The Balaban J connectivity index is 0.863. The van der Waals surface area contributed by atoms with Crippen molar-refractivity contribution >= 4 is 82.4 Å². The van der Waals surface area contributed by atoms with Gasteiger partial charge in [0.1, 0.15) is 5.58 Å². The molecule has 13 rings (SSSR count). The molecule has 2 heterocycles. The molecule has 0 unspecified atom stereocenters. The lowest BCUT2D eigenvalue weighted by Gasteiger charge is -2.26. The highest BCUT2D eigenvalue weighted by atomic mass is 16.3. The van der Waals surface area contributed by atoms with Crippen LogP contribution in [0.2, 0.25) is 0 Å². The molecule has 11 aromatic carbocycles. The third kappa shape index (κ3) is 6.12. The van der Waals surface area contributed by atoms with Gasteiger partial charge in [0.2, 0.25) is 0 Å². The standard InChI is InChI=1S/C62H40N2O/c1-2-13-50-44(12-1)28-29-47-40-46(34-39-51(47)50)43-32-37-49(38-33-43)63(60-22-11-18-56-55-17-6-10-23-61(55)65-62(56)60)48-35-30-42(31-36-48)41-24-26-45(27-25-41)52-14-3-7-19-57(52)64-58-20-8-4-15-53(58)54-16-5-9-21-59(54)64/h1-40H. The number of fused-ring (bicyclic) bond motifs is 9. The summed E-state index contributed by atoms with van der Waals surface area (Å²) in [7, 11) is 0. The summed E-state index contributed by atoms with van der Waals surface area (Å²) in [5.74, 6) is 0. The Bertz CT molecular complexity index is 3880. The molecule has 304 valence electrons. The van der Waals surface area contributed by atoms with Gasteiger partial charge in [0.05, 0.1) is 22.4 Å². The molecule has 0 saturated carbocycles. The monoisotopic (exact) mass is 828 g/mol. The van der Waals surface area contributed by atoms with Crippen molar-refractivity contribution in [1.29, 1.82) is 0 Å². The summed E-state index contributed by atoms with van der Waals surface area (Å²) in [6, 6.07) is 87.6. The van der Waals surface area contributed by atoms with Gasteiger partial charge in [0.15, 0.2) is 5.58 Å². The van der Waals surface area contributed by atoms with Gasteiger partial charge in [0, 0.05) is 38.5 Å². The van der Waals surface area contributed by atoms with Crippen molar-refractivity contribution < 1.29 is 4.42 Å². The van der Waals surface area contributed by atoms with Crippen molar-refractivity contribution in [2.24, 2.45) is 0 Å². The number of hydrogen-bond acceptors (Lipinski definition) is 2. The average Bonchev–Trinajstić information content (AvgIpc) is 3.93. The molecule has 0 aliphatic rings. The summed E-state index contributed by atoms with van der Waals surface area (Å²) in [6.07, 6.45) is 0. The van der Waals surface area contributed by atoms with Crippen LogP contribution in [0.25, 0.3) is 104 Å². The molecule has 0 aliphatic carbocycles. The Morgan fingerprint density at radius 3 is 1.55 bits per heavy atom. The summed E-state index contributed by atoms with van der Waals surface area (Å²) < 4.78 is 9.05. The van der Waals surface area contributed by atoms with Crippen molar-refractivity contribution in [3.05, 3.63) is 243 Å². The first kappa shape index (κ1) is 36.9. The molecule has 0 atom stereocenters. The lowest BCUT2D eigenvalue weighted by atomic mass is 9.97. The van der Waals surface area contributed by atoms with Gasteiger partial charge in [-0.1, -0.05) is 182 Å². The largest absolute Gasteiger partial charge is 0.454 e. The van der Waals surface area contributed by atoms with Gasteiger partial charge in [-0.15, -0.1) is 0 Å². The van der Waals surface area contributed by atoms with Gasteiger partial charge in [-0.05, 0) is 110 Å². The Kier molecular flexibility index (Phi) is 8.53. The maximum Gasteiger partial charge on any atom is 0.159 e. The van der Waals surface area contributed by atoms with E-state index in [0.717, 1.165) is 50.1 Å². The normalized spacial score (nSPS) is 11.7. The molecular weight excluding hydrogens is 789 g/mol. The third-order valence-electron chi connectivity index (χ3n) is 13.2. The van der Waals surface area contributed by atoms with E-state index in [0.29, 0.717) is 0 Å². The second-order valence-corrected chi connectivity index (χ2v) is 16.9. The Hall–Kier alpha value is -8.66. The fourth-order valence-electron chi connectivity index (χ4n) is 10.1. The number of rotatable bonds is 7. The van der Waals surface area contributed by atoms with Crippen molar-refractivity contribution in [2.75, 3.05) is 4.90 Å². The highest BCUT2D eigenvalue weighted by molar-refractivity contribution is 6.12. The molecule has 0 bridgehead atoms. The van der Waals surface area contributed by atoms with E-state index in [4.69, 9.17) is 4.42 Å². The van der Waals surface area contributed by atoms with E-state index in [1.54, 1.807) is 0 Å². The molecule has 0 N–H and O–H groups in total. The maximum atomic E-state index is 6.64. The van der Waals surface area contributed by atoms with E-state index in [2.05, 4.69) is 240 Å². The highest BCUT2D eigenvalue weighted by Crippen LogP contribution is 2.44. The van der Waals surface area contributed by atoms with Crippen LogP contribution in [0.4, 0.5) is 17.1 Å². The minimum atomic E-state index is 0.861. The van der Waals surface area contributed by atoms with E-state index >= 15 is 0 Å². The number of furan rings is 1. The molecule has 0 radical (unpaired) electrons. The van der Waals surface area contributed by atoms with Crippen LogP contribution in [0.15, 0.2) is 247 Å². The molecule has 0 saturated heterocycles. The summed E-state index contributed by atoms with van der Waals surface area (Å²) in [5, 5.41) is 9.78. The molecule has 0 aliphatic heterocycles. The zero-order valence-corrected chi connectivity index (χ0v) is 35.4. The van der Waals surface area contributed by atoms with Gasteiger partial charge in [-0.25, -0.2) is 0 Å². The van der Waals surface area contributed by atoms with Crippen LogP contribution >= 0.6 is 0 Å². The van der Waals surface area contributed by atoms with Gasteiger partial charge in [-0.3, -0.25) is 0 Å². The van der Waals surface area contributed by atoms with Crippen molar-refractivity contribution in [3.63, 3.8) is 0 Å². The number of benzene rings is 11. The lowest BCUT2D eigenvalue weighted by Crippen LogP contribution is -2.10. The Morgan fingerprint density at radius 2 is 0.831 bits per heavy atom. The van der Waals surface area contributed by atoms with Crippen molar-refractivity contribution in [2.45, 2.75) is 0 Å². The Labute approximate surface area is 376 Å². The van der Waals surface area contributed by atoms with Crippen LogP contribution in [-0.4, -0.2) is 4.57 Å². The first-order valence-electron chi connectivity index (χ1n) is 22.2. The second kappa shape index (κ2) is 15.0. The van der Waals surface area contributed by atoms with Gasteiger partial charge < -0.3 is 13.9 Å². The number of anilines is 3. The number of nitrogens with zero attached hydrogens (tertiary/aromatic N) is 2. The molecular formula is C62H40N2O. The van der Waals surface area contributed by atoms with Gasteiger partial charge in [-0.2, -0.15) is 0 Å². The number of hydrogen-bond donors (Lipinski definition) is 0. The topological polar surface area (TPSA) is 21.3 Å². The van der Waals surface area contributed by atoms with E-state index < -0.39 is 0 Å². The molecule has 3 heteroatoms. The fraction of sp³-hybridized carbons (Fsp3) is 0. The van der Waals surface area contributed by atoms with Gasteiger partial charge in [0.25, 0.3) is 0 Å². The van der Waals surface area contributed by atoms with Crippen LogP contribution in [0.5, 0.6) is 0 Å². The first-order chi connectivity index (χ1) is 32.2. The van der Waals surface area contributed by atoms with E-state index in [1.807, 2.05) is 12.1 Å². The lowest BCUT2D eigenvalue weighted by molar-refractivity contribution is 0.669. The quantitative estimate of drug-likeness (QED) is 0.149. The zero-order valence-electron chi connectivity index (χ0n) is 35.4. The molecule has 0 fully saturated rings. The highest BCUT2D eigenvalue weighted by Gasteiger charge is 2.20. The molecule has 2 aromatic heterocycles. The summed E-state index contributed by atoms with van der Waals surface area (Å²) in [5.41, 5.74) is 15.4. The van der Waals surface area contributed by atoms with Crippen LogP contribution in [0.3, 0.4) is 0 Å². The summed E-state index contributed by atoms with van der Waals surface area (Å²) in [6.45, 7) is 0. The number of para-hydroxylation sites is 5. The van der Waals surface area contributed by atoms with E-state index in [-0.39, 0.29) is 0 Å². The molecule has 65 heavy (non-hydrogen) atoms. The van der Waals surface area contributed by atoms with Gasteiger partial charge >= 0.3 is 0 Å². The van der Waals surface area contributed by atoms with Crippen molar-refractivity contribution in [3.8, 4) is 39.1 Å². The fourth-order valence-corrected chi connectivity index (χ4v) is 10.1. The van der Waals surface area contributed by atoms with Crippen LogP contribution in [0, 0.1) is 0 Å². The average molecular weight is 829 g/mol. The van der Waals surface area contributed by atoms with Crippen LogP contribution in [-0.2, 0) is 0 Å².